The van der Waals surface area contributed by atoms with Crippen molar-refractivity contribution in [1.29, 1.82) is 0 Å². The molecule has 192 valence electrons. The molecule has 0 unspecified atom stereocenters. The summed E-state index contributed by atoms with van der Waals surface area (Å²) in [6.07, 6.45) is -1.37. The summed E-state index contributed by atoms with van der Waals surface area (Å²) in [7, 11) is 1.59. The fraction of sp³-hybridized carbons (Fsp3) is 0.292. The number of piperazine rings is 1. The van der Waals surface area contributed by atoms with Crippen LogP contribution in [0, 0.1) is 0 Å². The molecule has 1 heterocycles. The second-order valence-electron chi connectivity index (χ2n) is 7.75. The lowest BCUT2D eigenvalue weighted by atomic mass is 10.1. The van der Waals surface area contributed by atoms with E-state index in [-0.39, 0.29) is 32.1 Å². The molecule has 1 saturated heterocycles. The summed E-state index contributed by atoms with van der Waals surface area (Å²) in [5, 5.41) is 28.5. The van der Waals surface area contributed by atoms with Gasteiger partial charge in [-0.2, -0.15) is 0 Å². The first-order chi connectivity index (χ1) is 17.1. The lowest BCUT2D eigenvalue weighted by molar-refractivity contribution is -0.163. The number of carbonyl (C=O) groups is 3. The second-order valence-corrected chi connectivity index (χ2v) is 9.59. The van der Waals surface area contributed by atoms with Gasteiger partial charge in [-0.3, -0.25) is 9.59 Å². The molecule has 9 nitrogen and oxygen atoms in total. The fourth-order valence-electron chi connectivity index (χ4n) is 3.45. The van der Waals surface area contributed by atoms with Crippen LogP contribution in [0.2, 0.25) is 10.0 Å². The Morgan fingerprint density at radius 1 is 0.944 bits per heavy atom. The molecule has 2 aromatic rings. The maximum absolute atomic E-state index is 12.6. The lowest BCUT2D eigenvalue weighted by Gasteiger charge is -2.35. The van der Waals surface area contributed by atoms with E-state index in [4.69, 9.17) is 33.0 Å². The van der Waals surface area contributed by atoms with Gasteiger partial charge in [-0.1, -0.05) is 53.2 Å². The van der Waals surface area contributed by atoms with Gasteiger partial charge in [0.1, 0.15) is 5.75 Å². The molecule has 3 N–H and O–H groups in total. The molecule has 1 aliphatic rings. The maximum Gasteiger partial charge on any atom is 0.335 e. The molecule has 0 aliphatic carbocycles. The van der Waals surface area contributed by atoms with Crippen LogP contribution in [0.25, 0.3) is 6.08 Å². The van der Waals surface area contributed by atoms with Gasteiger partial charge in [0.2, 0.25) is 5.91 Å². The van der Waals surface area contributed by atoms with Crippen molar-refractivity contribution in [3.8, 4) is 5.75 Å². The minimum atomic E-state index is -2.21. The fourth-order valence-corrected chi connectivity index (χ4v) is 4.98. The summed E-state index contributed by atoms with van der Waals surface area (Å²) >= 11 is 14.3. The molecular weight excluding hydrogens is 531 g/mol. The molecule has 2 atom stereocenters. The Labute approximate surface area is 221 Å². The highest BCUT2D eigenvalue weighted by Gasteiger charge is 2.34. The molecule has 1 fully saturated rings. The standard InChI is InChI=1S/C24H24Cl2N2O7S/c1-35-15-4-2-3-5-16(15)36-17-8-6-14(19(25)20(17)26)7-9-18(29)27-10-12-28(13-11-27)23(32)21(30)22(31)24(33)34/h2-9,21-22,30-31H,10-13H2,1H3,(H,33,34)/t21-,22+/m1/s1. The number of aliphatic hydroxyl groups is 2. The van der Waals surface area contributed by atoms with E-state index in [1.54, 1.807) is 25.3 Å². The average Bonchev–Trinajstić information content (AvgIpc) is 2.89. The first-order valence-corrected chi connectivity index (χ1v) is 12.3. The van der Waals surface area contributed by atoms with Crippen molar-refractivity contribution >= 4 is 58.8 Å². The summed E-state index contributed by atoms with van der Waals surface area (Å²) < 4.78 is 5.37. The zero-order valence-electron chi connectivity index (χ0n) is 19.1. The molecule has 36 heavy (non-hydrogen) atoms. The number of para-hydroxylation sites is 1. The summed E-state index contributed by atoms with van der Waals surface area (Å²) in [5.74, 6) is -2.20. The first kappa shape index (κ1) is 27.8. The second kappa shape index (κ2) is 12.5. The van der Waals surface area contributed by atoms with Crippen LogP contribution >= 0.6 is 35.0 Å². The average molecular weight is 555 g/mol. The van der Waals surface area contributed by atoms with Gasteiger partial charge in [-0.15, -0.1) is 0 Å². The number of methoxy groups -OCH3 is 1. The van der Waals surface area contributed by atoms with E-state index < -0.39 is 24.1 Å². The van der Waals surface area contributed by atoms with Crippen molar-refractivity contribution in [3.63, 3.8) is 0 Å². The van der Waals surface area contributed by atoms with Crippen molar-refractivity contribution in [1.82, 2.24) is 9.80 Å². The van der Waals surface area contributed by atoms with Crippen molar-refractivity contribution in [3.05, 3.63) is 58.1 Å². The number of halogens is 2. The molecule has 0 bridgehead atoms. The van der Waals surface area contributed by atoms with E-state index >= 15 is 0 Å². The van der Waals surface area contributed by atoms with E-state index in [2.05, 4.69) is 0 Å². The van der Waals surface area contributed by atoms with Crippen LogP contribution in [0.4, 0.5) is 0 Å². The number of nitrogens with zero attached hydrogens (tertiary/aromatic N) is 2. The SMILES string of the molecule is COc1ccccc1Sc1ccc(C=CC(=O)N2CCN(C(=O)[C@H](O)[C@H](O)C(=O)O)CC2)c(Cl)c1Cl. The van der Waals surface area contributed by atoms with Gasteiger partial charge >= 0.3 is 5.97 Å². The number of ether oxygens (including phenoxy) is 1. The van der Waals surface area contributed by atoms with Gasteiger partial charge in [0.15, 0.2) is 12.2 Å². The Morgan fingerprint density at radius 2 is 1.58 bits per heavy atom. The van der Waals surface area contributed by atoms with Crippen LogP contribution in [0.15, 0.2) is 52.3 Å². The molecule has 12 heteroatoms. The van der Waals surface area contributed by atoms with E-state index in [9.17, 15) is 24.6 Å². The van der Waals surface area contributed by atoms with Crippen LogP contribution in [-0.2, 0) is 14.4 Å². The van der Waals surface area contributed by atoms with Crippen LogP contribution in [-0.4, -0.2) is 88.4 Å². The highest BCUT2D eigenvalue weighted by atomic mass is 35.5. The van der Waals surface area contributed by atoms with Crippen molar-refractivity contribution in [2.45, 2.75) is 22.0 Å². The third-order valence-electron chi connectivity index (χ3n) is 5.48. The first-order valence-electron chi connectivity index (χ1n) is 10.8. The van der Waals surface area contributed by atoms with E-state index in [0.717, 1.165) is 9.79 Å². The van der Waals surface area contributed by atoms with Gasteiger partial charge in [-0.05, 0) is 29.8 Å². The van der Waals surface area contributed by atoms with E-state index in [1.807, 2.05) is 24.3 Å². The van der Waals surface area contributed by atoms with Crippen LogP contribution in [0.3, 0.4) is 0 Å². The number of carboxylic acid groups (broad SMARTS) is 1. The highest BCUT2D eigenvalue weighted by Crippen LogP contribution is 2.42. The molecule has 0 radical (unpaired) electrons. The minimum Gasteiger partial charge on any atom is -0.496 e. The quantitative estimate of drug-likeness (QED) is 0.425. The Bertz CT molecular complexity index is 1170. The number of aliphatic hydroxyl groups excluding tert-OH is 2. The van der Waals surface area contributed by atoms with Crippen LogP contribution in [0.1, 0.15) is 5.56 Å². The highest BCUT2D eigenvalue weighted by molar-refractivity contribution is 7.99. The lowest BCUT2D eigenvalue weighted by Crippen LogP contribution is -2.55. The van der Waals surface area contributed by atoms with E-state index in [0.29, 0.717) is 21.4 Å². The topological polar surface area (TPSA) is 128 Å². The Morgan fingerprint density at radius 3 is 2.22 bits per heavy atom. The molecular formula is C24H24Cl2N2O7S. The Hall–Kier alpha value is -2.76. The van der Waals surface area contributed by atoms with E-state index in [1.165, 1.54) is 27.6 Å². The van der Waals surface area contributed by atoms with Crippen LogP contribution in [0.5, 0.6) is 5.75 Å². The molecule has 2 aromatic carbocycles. The third kappa shape index (κ3) is 6.51. The smallest absolute Gasteiger partial charge is 0.335 e. The van der Waals surface area contributed by atoms with Gasteiger partial charge in [0.05, 0.1) is 22.1 Å². The Balaban J connectivity index is 1.61. The number of carboxylic acids is 1. The minimum absolute atomic E-state index is 0.0866. The van der Waals surface area contributed by atoms with Crippen molar-refractivity contribution in [2.24, 2.45) is 0 Å². The van der Waals surface area contributed by atoms with Crippen molar-refractivity contribution in [2.75, 3.05) is 33.3 Å². The number of aliphatic carboxylic acids is 1. The molecule has 3 rings (SSSR count). The number of carbonyl (C=O) groups excluding carboxylic acids is 2. The van der Waals surface area contributed by atoms with Gasteiger partial charge in [0.25, 0.3) is 5.91 Å². The van der Waals surface area contributed by atoms with Gasteiger partial charge in [-0.25, -0.2) is 4.79 Å². The zero-order chi connectivity index (χ0) is 26.4. The molecule has 0 saturated carbocycles. The predicted molar refractivity (Wildman–Crippen MR) is 135 cm³/mol. The van der Waals surface area contributed by atoms with Crippen LogP contribution < -0.4 is 4.74 Å². The number of hydrogen-bond acceptors (Lipinski definition) is 7. The summed E-state index contributed by atoms with van der Waals surface area (Å²) in [6.45, 7) is 0.522. The van der Waals surface area contributed by atoms with Crippen molar-refractivity contribution < 1.29 is 34.4 Å². The summed E-state index contributed by atoms with van der Waals surface area (Å²) in [4.78, 5) is 39.9. The zero-order valence-corrected chi connectivity index (χ0v) is 21.5. The number of amides is 2. The summed E-state index contributed by atoms with van der Waals surface area (Å²) in [6, 6.07) is 11.1. The molecule has 0 aromatic heterocycles. The number of hydrogen-bond donors (Lipinski definition) is 3. The Kier molecular flexibility index (Phi) is 9.63. The molecule has 0 spiro atoms. The largest absolute Gasteiger partial charge is 0.496 e. The number of rotatable bonds is 8. The monoisotopic (exact) mass is 554 g/mol. The van der Waals surface area contributed by atoms with Gasteiger partial charge in [0, 0.05) is 37.2 Å². The third-order valence-corrected chi connectivity index (χ3v) is 7.61. The molecule has 2 amide bonds. The maximum atomic E-state index is 12.6. The normalized spacial score (nSPS) is 15.6. The molecule has 1 aliphatic heterocycles. The number of benzene rings is 2. The predicted octanol–water partition coefficient (Wildman–Crippen LogP) is 2.64. The summed E-state index contributed by atoms with van der Waals surface area (Å²) in [5.41, 5.74) is 0.555. The van der Waals surface area contributed by atoms with Gasteiger partial charge < -0.3 is 29.9 Å².